The second-order valence-corrected chi connectivity index (χ2v) is 19.4. The van der Waals surface area contributed by atoms with E-state index in [1.165, 1.54) is 0 Å². The number of hydrogen-bond donors (Lipinski definition) is 1. The van der Waals surface area contributed by atoms with Gasteiger partial charge in [0.05, 0.1) is 55.9 Å². The Labute approximate surface area is 406 Å². The molecule has 6 aromatic rings. The first-order chi connectivity index (χ1) is 33.9. The van der Waals surface area contributed by atoms with Crippen molar-refractivity contribution in [1.82, 2.24) is 4.90 Å². The highest BCUT2D eigenvalue weighted by Gasteiger charge is 2.66. The predicted octanol–water partition coefficient (Wildman–Crippen LogP) is 8.52. The number of rotatable bonds is 10. The Morgan fingerprint density at radius 2 is 1.34 bits per heavy atom. The number of anilines is 5. The van der Waals surface area contributed by atoms with Crippen LogP contribution in [-0.4, -0.2) is 72.7 Å². The van der Waals surface area contributed by atoms with Crippen LogP contribution >= 0.6 is 0 Å². The van der Waals surface area contributed by atoms with E-state index in [-0.39, 0.29) is 56.4 Å². The molecular weight excluding hydrogens is 885 g/mol. The molecule has 0 radical (unpaired) electrons. The third-order valence-corrected chi connectivity index (χ3v) is 15.3. The Morgan fingerprint density at radius 3 is 1.99 bits per heavy atom. The predicted molar refractivity (Wildman–Crippen MR) is 264 cm³/mol. The van der Waals surface area contributed by atoms with Crippen LogP contribution in [0.5, 0.6) is 17.2 Å². The van der Waals surface area contributed by atoms with Crippen molar-refractivity contribution < 1.29 is 43.2 Å². The number of methoxy groups -OCH3 is 1. The fourth-order valence-corrected chi connectivity index (χ4v) is 11.8. The van der Waals surface area contributed by atoms with Gasteiger partial charge in [-0.3, -0.25) is 29.0 Å². The topological polar surface area (TPSA) is 138 Å². The van der Waals surface area contributed by atoms with Crippen LogP contribution in [0.1, 0.15) is 55.0 Å². The second kappa shape index (κ2) is 17.5. The lowest BCUT2D eigenvalue weighted by Gasteiger charge is -2.40. The molecule has 1 fully saturated rings. The minimum atomic E-state index is -1.60. The summed E-state index contributed by atoms with van der Waals surface area (Å²) in [6.07, 6.45) is -0.289. The van der Waals surface area contributed by atoms with Crippen LogP contribution in [0.4, 0.5) is 28.4 Å². The number of fused-ring (bicyclic) bond motifs is 5. The number of aliphatic hydroxyl groups excluding tert-OH is 1. The summed E-state index contributed by atoms with van der Waals surface area (Å²) in [5.74, 6) is 0.0348. The zero-order valence-electron chi connectivity index (χ0n) is 39.5. The zero-order chi connectivity index (χ0) is 48.5. The van der Waals surface area contributed by atoms with Crippen molar-refractivity contribution in [2.24, 2.45) is 11.8 Å². The molecule has 13 heteroatoms. The molecule has 5 atom stereocenters. The average molecular weight is 939 g/mol. The van der Waals surface area contributed by atoms with Gasteiger partial charge in [-0.1, -0.05) is 93.6 Å². The van der Waals surface area contributed by atoms with Gasteiger partial charge in [-0.15, -0.1) is 0 Å². The van der Waals surface area contributed by atoms with E-state index >= 15 is 4.79 Å². The van der Waals surface area contributed by atoms with Gasteiger partial charge in [-0.25, -0.2) is 0 Å². The van der Waals surface area contributed by atoms with Crippen molar-refractivity contribution in [1.29, 1.82) is 0 Å². The Kier molecular flexibility index (Phi) is 11.2. The van der Waals surface area contributed by atoms with Gasteiger partial charge in [0, 0.05) is 35.3 Å². The van der Waals surface area contributed by atoms with Crippen molar-refractivity contribution in [3.05, 3.63) is 167 Å². The standard InChI is InChI=1S/C57H54N4O9/c1-35-54(56(2,3)39-19-24-43(67-4)25-20-39)50(29-51(63)58-31-38-12-6-5-11-37(38)27-42(58)32-62)70-57(35)44-28-41(61-47-14-8-10-16-49(47)69-34-53(61)65)23-26-45(44)59(55(57)66)30-36-17-21-40(22-18-36)60-46-13-7-9-15-48(46)68-33-52(60)64/h5-26,28,35,42,50,54,62H,27,29-34H2,1-4H3/t35-,42+,50+,54-,57+/m1/s1. The molecule has 5 aliphatic rings. The number of carbonyl (C=O) groups excluding carboxylic acids is 4. The van der Waals surface area contributed by atoms with Gasteiger partial charge in [-0.2, -0.15) is 0 Å². The quantitative estimate of drug-likeness (QED) is 0.143. The van der Waals surface area contributed by atoms with Crippen molar-refractivity contribution in [2.75, 3.05) is 41.6 Å². The summed E-state index contributed by atoms with van der Waals surface area (Å²) in [7, 11) is 1.63. The molecule has 0 aromatic heterocycles. The van der Waals surface area contributed by atoms with E-state index in [1.807, 2.05) is 146 Å². The Morgan fingerprint density at radius 1 is 0.743 bits per heavy atom. The first-order valence-corrected chi connectivity index (χ1v) is 23.9. The lowest BCUT2D eigenvalue weighted by molar-refractivity contribution is -0.151. The largest absolute Gasteiger partial charge is 0.497 e. The molecule has 0 unspecified atom stereocenters. The highest BCUT2D eigenvalue weighted by molar-refractivity contribution is 6.10. The number of benzene rings is 6. The van der Waals surface area contributed by atoms with E-state index in [2.05, 4.69) is 13.8 Å². The maximum absolute atomic E-state index is 16.0. The van der Waals surface area contributed by atoms with Crippen LogP contribution in [0.25, 0.3) is 0 Å². The van der Waals surface area contributed by atoms with Crippen LogP contribution in [-0.2, 0) is 54.4 Å². The number of ether oxygens (including phenoxy) is 4. The number of nitrogens with zero attached hydrogens (tertiary/aromatic N) is 4. The van der Waals surface area contributed by atoms with E-state index in [0.717, 1.165) is 22.3 Å². The van der Waals surface area contributed by atoms with Gasteiger partial charge in [0.1, 0.15) is 17.2 Å². The number of hydrogen-bond acceptors (Lipinski definition) is 9. The molecule has 13 nitrogen and oxygen atoms in total. The lowest BCUT2D eigenvalue weighted by Crippen LogP contribution is -2.48. The monoisotopic (exact) mass is 938 g/mol. The number of amides is 4. The minimum Gasteiger partial charge on any atom is -0.497 e. The highest BCUT2D eigenvalue weighted by Crippen LogP contribution is 2.61. The highest BCUT2D eigenvalue weighted by atomic mass is 16.5. The molecule has 1 N–H and O–H groups in total. The molecule has 11 rings (SSSR count). The zero-order valence-corrected chi connectivity index (χ0v) is 39.5. The number of carbonyl (C=O) groups is 4. The molecule has 4 amide bonds. The number of aliphatic hydroxyl groups is 1. The van der Waals surface area contributed by atoms with Crippen molar-refractivity contribution >= 4 is 52.1 Å². The first-order valence-electron chi connectivity index (χ1n) is 23.9. The molecule has 70 heavy (non-hydrogen) atoms. The minimum absolute atomic E-state index is 0.0442. The average Bonchev–Trinajstić information content (AvgIpc) is 3.81. The van der Waals surface area contributed by atoms with E-state index in [0.29, 0.717) is 64.2 Å². The fourth-order valence-electron chi connectivity index (χ4n) is 11.8. The molecule has 1 spiro atoms. The lowest BCUT2D eigenvalue weighted by atomic mass is 9.63. The van der Waals surface area contributed by atoms with Crippen LogP contribution < -0.4 is 28.9 Å². The van der Waals surface area contributed by atoms with E-state index < -0.39 is 35.0 Å². The summed E-state index contributed by atoms with van der Waals surface area (Å²) in [5.41, 5.74) is 5.33. The third kappa shape index (κ3) is 7.29. The second-order valence-electron chi connectivity index (χ2n) is 19.4. The molecule has 0 bridgehead atoms. The smallest absolute Gasteiger partial charge is 0.269 e. The molecule has 5 aliphatic heterocycles. The van der Waals surface area contributed by atoms with Crippen LogP contribution in [0.3, 0.4) is 0 Å². The van der Waals surface area contributed by atoms with Gasteiger partial charge in [0.2, 0.25) is 5.91 Å². The van der Waals surface area contributed by atoms with E-state index in [4.69, 9.17) is 18.9 Å². The maximum atomic E-state index is 16.0. The van der Waals surface area contributed by atoms with Gasteiger partial charge < -0.3 is 33.9 Å². The van der Waals surface area contributed by atoms with Crippen LogP contribution in [0, 0.1) is 11.8 Å². The summed E-state index contributed by atoms with van der Waals surface area (Å²) >= 11 is 0. The molecule has 356 valence electrons. The number of para-hydroxylation sites is 4. The first kappa shape index (κ1) is 45.0. The SMILES string of the molecule is COc1ccc(C(C)(C)[C@H]2[C@H](CC(=O)N3Cc4ccccc4C[C@H]3CO)O[C@@]3(C(=O)N(Cc4ccc(N5C(=O)COc6ccccc65)cc4)c4ccc(N5C(=O)COc6ccccc65)cc43)[C@@H]2C)cc1. The van der Waals surface area contributed by atoms with Crippen molar-refractivity contribution in [3.8, 4) is 17.2 Å². The van der Waals surface area contributed by atoms with Crippen molar-refractivity contribution in [2.45, 2.75) is 69.9 Å². The van der Waals surface area contributed by atoms with Gasteiger partial charge in [0.15, 0.2) is 18.8 Å². The third-order valence-electron chi connectivity index (χ3n) is 15.3. The van der Waals surface area contributed by atoms with E-state index in [1.54, 1.807) is 26.7 Å². The van der Waals surface area contributed by atoms with Crippen molar-refractivity contribution in [3.63, 3.8) is 0 Å². The molecule has 1 saturated heterocycles. The van der Waals surface area contributed by atoms with E-state index in [9.17, 15) is 19.5 Å². The maximum Gasteiger partial charge on any atom is 0.269 e. The Bertz CT molecular complexity index is 3050. The van der Waals surface area contributed by atoms with Gasteiger partial charge in [0.25, 0.3) is 17.7 Å². The van der Waals surface area contributed by atoms with Crippen LogP contribution in [0.15, 0.2) is 140 Å². The van der Waals surface area contributed by atoms with Gasteiger partial charge >= 0.3 is 0 Å². The van der Waals surface area contributed by atoms with Gasteiger partial charge in [-0.05, 0) is 101 Å². The summed E-state index contributed by atoms with van der Waals surface area (Å²) in [5, 5.41) is 10.7. The fraction of sp³-hybridized carbons (Fsp3) is 0.298. The molecule has 0 saturated carbocycles. The summed E-state index contributed by atoms with van der Waals surface area (Å²) in [6.45, 7) is 6.40. The molecule has 0 aliphatic carbocycles. The Balaban J connectivity index is 1.01. The molecule has 6 aromatic carbocycles. The van der Waals surface area contributed by atoms with Crippen LogP contribution in [0.2, 0.25) is 0 Å². The molecule has 5 heterocycles. The Hall–Kier alpha value is -7.48. The normalized spacial score (nSPS) is 22.6. The summed E-state index contributed by atoms with van der Waals surface area (Å²) in [4.78, 5) is 64.8. The molecular formula is C57H54N4O9. The summed E-state index contributed by atoms with van der Waals surface area (Å²) < 4.78 is 24.6. The summed E-state index contributed by atoms with van der Waals surface area (Å²) in [6, 6.07) is 43.5.